The van der Waals surface area contributed by atoms with Crippen LogP contribution in [0.5, 0.6) is 5.75 Å². The molecule has 2 aliphatic heterocycles. The Bertz CT molecular complexity index is 1300. The van der Waals surface area contributed by atoms with Gasteiger partial charge in [-0.3, -0.25) is 4.68 Å². The average Bonchev–Trinajstić information content (AvgIpc) is 3.58. The summed E-state index contributed by atoms with van der Waals surface area (Å²) in [6, 6.07) is 8.82. The summed E-state index contributed by atoms with van der Waals surface area (Å²) in [5, 5.41) is 18.2. The summed E-state index contributed by atoms with van der Waals surface area (Å²) in [6.45, 7) is 3.80. The molecule has 1 N–H and O–H groups in total. The van der Waals surface area contributed by atoms with Crippen molar-refractivity contribution in [2.75, 3.05) is 33.4 Å². The van der Waals surface area contributed by atoms with Gasteiger partial charge in [-0.25, -0.2) is 14.6 Å². The fourth-order valence-electron chi connectivity index (χ4n) is 4.94. The molecule has 0 saturated carbocycles. The molecular weight excluding hydrogens is 432 g/mol. The molecule has 34 heavy (non-hydrogen) atoms. The van der Waals surface area contributed by atoms with Gasteiger partial charge in [-0.15, -0.1) is 0 Å². The minimum Gasteiger partial charge on any atom is -0.491 e. The molecule has 10 heteroatoms. The van der Waals surface area contributed by atoms with Crippen LogP contribution < -0.4 is 4.74 Å². The van der Waals surface area contributed by atoms with Crippen molar-refractivity contribution in [2.45, 2.75) is 32.0 Å². The highest BCUT2D eigenvalue weighted by molar-refractivity contribution is 5.74. The molecule has 0 aliphatic carbocycles. The van der Waals surface area contributed by atoms with Crippen LogP contribution in [0.15, 0.2) is 43.0 Å². The quantitative estimate of drug-likeness (QED) is 0.488. The van der Waals surface area contributed by atoms with E-state index in [4.69, 9.17) is 9.72 Å². The van der Waals surface area contributed by atoms with E-state index >= 15 is 0 Å². The van der Waals surface area contributed by atoms with Gasteiger partial charge in [-0.1, -0.05) is 6.07 Å². The van der Waals surface area contributed by atoms with Crippen molar-refractivity contribution in [2.24, 2.45) is 0 Å². The Hall–Kier alpha value is -3.50. The molecule has 0 radical (unpaired) electrons. The van der Waals surface area contributed by atoms with Gasteiger partial charge in [-0.05, 0) is 51.2 Å². The topological polar surface area (TPSA) is 99.1 Å². The second-order valence-electron chi connectivity index (χ2n) is 8.93. The predicted molar refractivity (Wildman–Crippen MR) is 126 cm³/mol. The highest BCUT2D eigenvalue weighted by Gasteiger charge is 2.24. The van der Waals surface area contributed by atoms with Crippen molar-refractivity contribution < 1.29 is 9.84 Å². The summed E-state index contributed by atoms with van der Waals surface area (Å²) in [5.41, 5.74) is 3.90. The first-order valence-corrected chi connectivity index (χ1v) is 11.8. The predicted octanol–water partition coefficient (Wildman–Crippen LogP) is 2.32. The fourth-order valence-corrected chi connectivity index (χ4v) is 4.94. The first-order valence-electron chi connectivity index (χ1n) is 11.8. The number of fused-ring (bicyclic) bond motifs is 3. The van der Waals surface area contributed by atoms with Crippen LogP contribution in [0.1, 0.15) is 18.9 Å². The Labute approximate surface area is 197 Å². The number of likely N-dealkylation sites (tertiary alicyclic amines) is 1. The maximum absolute atomic E-state index is 9.32. The van der Waals surface area contributed by atoms with Crippen LogP contribution in [0.25, 0.3) is 34.2 Å². The van der Waals surface area contributed by atoms with E-state index in [1.807, 2.05) is 12.4 Å². The standard InChI is InChI=1S/C24H28N8O2/c1-29-8-5-18(6-9-29)32-21(4-7-26-32)17-2-3-19-22(14-17)34-13-11-30-15-20(28-23(19)30)24-25-16-27-31(24)10-12-33/h2-4,7,14-16,18,33H,5-6,8-13H2,1H3. The maximum atomic E-state index is 9.32. The smallest absolute Gasteiger partial charge is 0.178 e. The number of rotatable bonds is 5. The third kappa shape index (κ3) is 3.68. The molecule has 3 aromatic heterocycles. The van der Waals surface area contributed by atoms with Crippen LogP contribution in [-0.2, 0) is 13.1 Å². The molecule has 6 rings (SSSR count). The Morgan fingerprint density at radius 2 is 1.97 bits per heavy atom. The number of nitrogens with zero attached hydrogens (tertiary/aromatic N) is 8. The minimum absolute atomic E-state index is 0.00246. The molecule has 10 nitrogen and oxygen atoms in total. The van der Waals surface area contributed by atoms with Crippen molar-refractivity contribution >= 4 is 0 Å². The van der Waals surface area contributed by atoms with Crippen molar-refractivity contribution in [3.63, 3.8) is 0 Å². The first-order chi connectivity index (χ1) is 16.7. The lowest BCUT2D eigenvalue weighted by molar-refractivity contribution is 0.213. The number of piperidine rings is 1. The molecule has 1 aromatic carbocycles. The number of aliphatic hydroxyl groups is 1. The molecule has 0 unspecified atom stereocenters. The second kappa shape index (κ2) is 8.69. The van der Waals surface area contributed by atoms with Gasteiger partial charge in [0.25, 0.3) is 0 Å². The van der Waals surface area contributed by atoms with E-state index in [1.54, 1.807) is 4.68 Å². The van der Waals surface area contributed by atoms with E-state index < -0.39 is 0 Å². The molecule has 1 fully saturated rings. The lowest BCUT2D eigenvalue weighted by atomic mass is 10.0. The number of hydrogen-bond acceptors (Lipinski definition) is 7. The van der Waals surface area contributed by atoms with Crippen molar-refractivity contribution in [3.8, 4) is 39.9 Å². The second-order valence-corrected chi connectivity index (χ2v) is 8.93. The van der Waals surface area contributed by atoms with E-state index in [0.717, 1.165) is 60.0 Å². The van der Waals surface area contributed by atoms with Crippen LogP contribution >= 0.6 is 0 Å². The Balaban J connectivity index is 1.35. The minimum atomic E-state index is -0.00246. The van der Waals surface area contributed by atoms with Crippen LogP contribution in [0, 0.1) is 0 Å². The SMILES string of the molecule is CN1CCC(n2nccc2-c2ccc3c(c2)OCCn2cc(-c4ncnn4CCO)nc2-3)CC1. The van der Waals surface area contributed by atoms with E-state index in [-0.39, 0.29) is 6.61 Å². The Kier molecular flexibility index (Phi) is 5.39. The van der Waals surface area contributed by atoms with Crippen LogP contribution in [0.2, 0.25) is 0 Å². The molecule has 0 spiro atoms. The third-order valence-electron chi connectivity index (χ3n) is 6.75. The number of imidazole rings is 1. The number of benzene rings is 1. The molecule has 0 bridgehead atoms. The van der Waals surface area contributed by atoms with Crippen LogP contribution in [0.3, 0.4) is 0 Å². The zero-order valence-corrected chi connectivity index (χ0v) is 19.2. The molecule has 176 valence electrons. The number of aromatic nitrogens is 7. The number of hydrogen-bond donors (Lipinski definition) is 1. The number of ether oxygens (including phenoxy) is 1. The van der Waals surface area contributed by atoms with Gasteiger partial charge in [0.1, 0.15) is 30.2 Å². The highest BCUT2D eigenvalue weighted by atomic mass is 16.5. The van der Waals surface area contributed by atoms with E-state index in [9.17, 15) is 5.11 Å². The van der Waals surface area contributed by atoms with Gasteiger partial charge >= 0.3 is 0 Å². The molecule has 0 amide bonds. The van der Waals surface area contributed by atoms with E-state index in [2.05, 4.69) is 60.6 Å². The fraction of sp³-hybridized carbons (Fsp3) is 0.417. The van der Waals surface area contributed by atoms with Crippen molar-refractivity contribution in [1.29, 1.82) is 0 Å². The summed E-state index contributed by atoms with van der Waals surface area (Å²) in [5.74, 6) is 2.31. The monoisotopic (exact) mass is 460 g/mol. The van der Waals surface area contributed by atoms with Gasteiger partial charge in [0.2, 0.25) is 0 Å². The Morgan fingerprint density at radius 1 is 1.09 bits per heavy atom. The largest absolute Gasteiger partial charge is 0.491 e. The van der Waals surface area contributed by atoms with Gasteiger partial charge in [0.05, 0.1) is 37.0 Å². The normalized spacial score (nSPS) is 16.6. The molecule has 1 saturated heterocycles. The lowest BCUT2D eigenvalue weighted by Gasteiger charge is -2.30. The summed E-state index contributed by atoms with van der Waals surface area (Å²) in [7, 11) is 2.18. The Morgan fingerprint density at radius 3 is 2.82 bits per heavy atom. The van der Waals surface area contributed by atoms with Gasteiger partial charge < -0.3 is 19.3 Å². The maximum Gasteiger partial charge on any atom is 0.178 e. The lowest BCUT2D eigenvalue weighted by Crippen LogP contribution is -2.32. The third-order valence-corrected chi connectivity index (χ3v) is 6.75. The van der Waals surface area contributed by atoms with Gasteiger partial charge in [0, 0.05) is 18.0 Å². The first kappa shape index (κ1) is 21.1. The molecule has 2 aliphatic rings. The van der Waals surface area contributed by atoms with Crippen molar-refractivity contribution in [1.82, 2.24) is 39.0 Å². The van der Waals surface area contributed by atoms with Gasteiger partial charge in [-0.2, -0.15) is 10.2 Å². The molecular formula is C24H28N8O2. The van der Waals surface area contributed by atoms with E-state index in [1.165, 1.54) is 6.33 Å². The molecule has 5 heterocycles. The summed E-state index contributed by atoms with van der Waals surface area (Å²) >= 11 is 0. The zero-order chi connectivity index (χ0) is 23.1. The van der Waals surface area contributed by atoms with Crippen LogP contribution in [-0.4, -0.2) is 77.5 Å². The van der Waals surface area contributed by atoms with E-state index in [0.29, 0.717) is 31.6 Å². The van der Waals surface area contributed by atoms with Crippen molar-refractivity contribution in [3.05, 3.63) is 43.0 Å². The molecule has 0 atom stereocenters. The number of aliphatic hydroxyl groups excluding tert-OH is 1. The van der Waals surface area contributed by atoms with Gasteiger partial charge in [0.15, 0.2) is 5.82 Å². The average molecular weight is 461 g/mol. The molecule has 4 aromatic rings. The summed E-state index contributed by atoms with van der Waals surface area (Å²) in [6.07, 6.45) is 7.57. The van der Waals surface area contributed by atoms with Crippen LogP contribution in [0.4, 0.5) is 0 Å². The highest BCUT2D eigenvalue weighted by Crippen LogP contribution is 2.37. The zero-order valence-electron chi connectivity index (χ0n) is 19.2. The summed E-state index contributed by atoms with van der Waals surface area (Å²) < 4.78 is 12.1. The summed E-state index contributed by atoms with van der Waals surface area (Å²) in [4.78, 5) is 11.6.